The molecule has 0 fully saturated rings. The number of aromatic amines is 2. The van der Waals surface area contributed by atoms with Gasteiger partial charge in [0.2, 0.25) is 0 Å². The summed E-state index contributed by atoms with van der Waals surface area (Å²) in [4.78, 5) is 10.9. The number of benzene rings is 2. The Bertz CT molecular complexity index is 1280. The minimum atomic E-state index is 0.333. The first-order chi connectivity index (χ1) is 12.8. The molecule has 3 heterocycles. The van der Waals surface area contributed by atoms with E-state index in [4.69, 9.17) is 0 Å². The van der Waals surface area contributed by atoms with Gasteiger partial charge >= 0.3 is 0 Å². The van der Waals surface area contributed by atoms with Gasteiger partial charge in [-0.3, -0.25) is 0 Å². The van der Waals surface area contributed by atoms with Crippen molar-refractivity contribution in [2.45, 2.75) is 0 Å². The highest BCUT2D eigenvalue weighted by molar-refractivity contribution is 9.10. The summed E-state index contributed by atoms with van der Waals surface area (Å²) in [6.45, 7) is 0. The molecule has 0 unspecified atom stereocenters. The number of hydrogen-bond donors (Lipinski definition) is 3. The van der Waals surface area contributed by atoms with Crippen LogP contribution in [-0.4, -0.2) is 31.4 Å². The molecule has 5 aromatic rings. The maximum atomic E-state index is 4.45. The lowest BCUT2D eigenvalue weighted by molar-refractivity contribution is 1.01. The molecule has 0 aliphatic rings. The lowest BCUT2D eigenvalue weighted by Gasteiger charge is -1.97. The van der Waals surface area contributed by atoms with Gasteiger partial charge in [-0.15, -0.1) is 10.2 Å². The van der Waals surface area contributed by atoms with Crippen LogP contribution < -0.4 is 5.43 Å². The Hall–Kier alpha value is -3.26. The molecular weight excluding hydrogens is 394 g/mol. The summed E-state index contributed by atoms with van der Waals surface area (Å²) in [5, 5.41) is 14.7. The molecule has 126 valence electrons. The van der Waals surface area contributed by atoms with E-state index in [2.05, 4.69) is 51.6 Å². The van der Waals surface area contributed by atoms with Crippen LogP contribution in [0.5, 0.6) is 0 Å². The Balaban J connectivity index is 1.45. The van der Waals surface area contributed by atoms with Gasteiger partial charge in [0.25, 0.3) is 5.95 Å². The number of nitrogens with zero attached hydrogens (tertiary/aromatic N) is 4. The van der Waals surface area contributed by atoms with E-state index in [9.17, 15) is 0 Å². The Morgan fingerprint density at radius 3 is 2.92 bits per heavy atom. The fourth-order valence-electron chi connectivity index (χ4n) is 2.95. The van der Waals surface area contributed by atoms with Gasteiger partial charge in [0.05, 0.1) is 6.21 Å². The van der Waals surface area contributed by atoms with Crippen LogP contribution in [0.3, 0.4) is 0 Å². The average molecular weight is 406 g/mol. The summed E-state index contributed by atoms with van der Waals surface area (Å²) in [6.07, 6.45) is 3.64. The average Bonchev–Trinajstić information content (AvgIpc) is 3.23. The van der Waals surface area contributed by atoms with Crippen LogP contribution in [0.15, 0.2) is 58.2 Å². The van der Waals surface area contributed by atoms with Crippen molar-refractivity contribution in [2.24, 2.45) is 5.10 Å². The van der Waals surface area contributed by atoms with Crippen molar-refractivity contribution in [2.75, 3.05) is 5.43 Å². The maximum absolute atomic E-state index is 4.45. The van der Waals surface area contributed by atoms with Gasteiger partial charge in [-0.2, -0.15) is 10.1 Å². The quantitative estimate of drug-likeness (QED) is 0.309. The molecule has 5 rings (SSSR count). The van der Waals surface area contributed by atoms with Gasteiger partial charge in [0.15, 0.2) is 5.65 Å². The number of rotatable bonds is 3. The highest BCUT2D eigenvalue weighted by Gasteiger charge is 2.09. The van der Waals surface area contributed by atoms with Crippen molar-refractivity contribution in [3.63, 3.8) is 0 Å². The van der Waals surface area contributed by atoms with E-state index in [1.807, 2.05) is 48.7 Å². The smallest absolute Gasteiger partial charge is 0.265 e. The third-order valence-corrected chi connectivity index (χ3v) is 4.66. The number of hydrazone groups is 1. The van der Waals surface area contributed by atoms with E-state index in [-0.39, 0.29) is 0 Å². The van der Waals surface area contributed by atoms with E-state index in [1.165, 1.54) is 0 Å². The summed E-state index contributed by atoms with van der Waals surface area (Å²) in [5.41, 5.74) is 7.24. The highest BCUT2D eigenvalue weighted by atomic mass is 79.9. The first-order valence-electron chi connectivity index (χ1n) is 7.95. The second-order valence-corrected chi connectivity index (χ2v) is 6.72. The third kappa shape index (κ3) is 2.51. The standard InChI is InChI=1S/C18H12BrN7/c19-11-5-6-15-13(7-11)16-17(22-15)23-18(26-24-16)25-21-9-10-8-20-14-4-2-1-3-12(10)14/h1-9,20H,(H2,22,23,25,26)/b21-9+. The topological polar surface area (TPSA) is 94.6 Å². The third-order valence-electron chi connectivity index (χ3n) is 4.17. The first-order valence-corrected chi connectivity index (χ1v) is 8.74. The second kappa shape index (κ2) is 5.92. The zero-order chi connectivity index (χ0) is 17.5. The SMILES string of the molecule is Brc1ccc2[nH]c3nc(N/N=C/c4c[nH]c5ccccc45)nnc3c2c1. The zero-order valence-corrected chi connectivity index (χ0v) is 14.9. The highest BCUT2D eigenvalue weighted by Crippen LogP contribution is 2.25. The summed E-state index contributed by atoms with van der Waals surface area (Å²) in [6, 6.07) is 14.0. The Morgan fingerprint density at radius 1 is 1.04 bits per heavy atom. The molecule has 0 saturated carbocycles. The number of fused-ring (bicyclic) bond motifs is 4. The van der Waals surface area contributed by atoms with Crippen LogP contribution in [0.2, 0.25) is 0 Å². The molecule has 0 spiro atoms. The Kier molecular flexibility index (Phi) is 3.42. The molecule has 0 atom stereocenters. The summed E-state index contributed by atoms with van der Waals surface area (Å²) >= 11 is 3.47. The molecule has 0 bridgehead atoms. The van der Waals surface area contributed by atoms with Gasteiger partial charge in [-0.1, -0.05) is 34.1 Å². The van der Waals surface area contributed by atoms with Crippen molar-refractivity contribution in [3.8, 4) is 0 Å². The molecule has 0 saturated heterocycles. The predicted octanol–water partition coefficient (Wildman–Crippen LogP) is 4.20. The molecular formula is C18H12BrN7. The molecule has 0 amide bonds. The molecule has 7 nitrogen and oxygen atoms in total. The van der Waals surface area contributed by atoms with Crippen LogP contribution in [0.25, 0.3) is 33.0 Å². The van der Waals surface area contributed by atoms with Gasteiger partial charge in [0.1, 0.15) is 5.52 Å². The number of para-hydroxylation sites is 1. The fourth-order valence-corrected chi connectivity index (χ4v) is 3.31. The van der Waals surface area contributed by atoms with Crippen LogP contribution in [0.1, 0.15) is 5.56 Å². The van der Waals surface area contributed by atoms with E-state index in [0.29, 0.717) is 11.6 Å². The van der Waals surface area contributed by atoms with Crippen LogP contribution in [0, 0.1) is 0 Å². The molecule has 3 N–H and O–H groups in total. The molecule has 0 aliphatic heterocycles. The number of nitrogens with one attached hydrogen (secondary N) is 3. The lowest BCUT2D eigenvalue weighted by Crippen LogP contribution is -1.98. The van der Waals surface area contributed by atoms with Gasteiger partial charge in [-0.05, 0) is 24.3 Å². The van der Waals surface area contributed by atoms with Crippen molar-refractivity contribution in [1.82, 2.24) is 25.1 Å². The van der Waals surface area contributed by atoms with Crippen molar-refractivity contribution in [1.29, 1.82) is 0 Å². The molecule has 0 radical (unpaired) electrons. The largest absolute Gasteiger partial charge is 0.361 e. The van der Waals surface area contributed by atoms with E-state index < -0.39 is 0 Å². The van der Waals surface area contributed by atoms with Crippen LogP contribution in [0.4, 0.5) is 5.95 Å². The monoisotopic (exact) mass is 405 g/mol. The summed E-state index contributed by atoms with van der Waals surface area (Å²) in [5.74, 6) is 0.333. The zero-order valence-electron chi connectivity index (χ0n) is 13.4. The van der Waals surface area contributed by atoms with Crippen LogP contribution >= 0.6 is 15.9 Å². The summed E-state index contributed by atoms with van der Waals surface area (Å²) < 4.78 is 0.984. The Labute approximate surface area is 155 Å². The minimum absolute atomic E-state index is 0.333. The van der Waals surface area contributed by atoms with Crippen LogP contribution in [-0.2, 0) is 0 Å². The van der Waals surface area contributed by atoms with E-state index in [0.717, 1.165) is 37.4 Å². The van der Waals surface area contributed by atoms with Crippen molar-refractivity contribution < 1.29 is 0 Å². The van der Waals surface area contributed by atoms with E-state index in [1.54, 1.807) is 6.21 Å². The lowest BCUT2D eigenvalue weighted by atomic mass is 10.2. The molecule has 2 aromatic carbocycles. The normalized spacial score (nSPS) is 11.9. The number of H-pyrrole nitrogens is 2. The Morgan fingerprint density at radius 2 is 1.96 bits per heavy atom. The number of aromatic nitrogens is 5. The van der Waals surface area contributed by atoms with E-state index >= 15 is 0 Å². The minimum Gasteiger partial charge on any atom is -0.361 e. The van der Waals surface area contributed by atoms with Gasteiger partial charge in [-0.25, -0.2) is 5.43 Å². The number of anilines is 1. The van der Waals surface area contributed by atoms with Crippen molar-refractivity contribution >= 4 is 61.1 Å². The molecule has 3 aromatic heterocycles. The number of hydrogen-bond acceptors (Lipinski definition) is 5. The van der Waals surface area contributed by atoms with Gasteiger partial charge in [0, 0.05) is 38.0 Å². The first kappa shape index (κ1) is 15.0. The number of halogens is 1. The predicted molar refractivity (Wildman–Crippen MR) is 106 cm³/mol. The second-order valence-electron chi connectivity index (χ2n) is 5.81. The molecule has 8 heteroatoms. The summed E-state index contributed by atoms with van der Waals surface area (Å²) in [7, 11) is 0. The van der Waals surface area contributed by atoms with Gasteiger partial charge < -0.3 is 9.97 Å². The maximum Gasteiger partial charge on any atom is 0.265 e. The van der Waals surface area contributed by atoms with Crippen molar-refractivity contribution in [3.05, 3.63) is 58.7 Å². The fraction of sp³-hybridized carbons (Fsp3) is 0. The molecule has 0 aliphatic carbocycles. The molecule has 26 heavy (non-hydrogen) atoms.